The molecule has 7 nitrogen and oxygen atoms in total. The monoisotopic (exact) mass is 359 g/mol. The molecule has 0 bridgehead atoms. The zero-order chi connectivity index (χ0) is 18.3. The van der Waals surface area contributed by atoms with Gasteiger partial charge in [0, 0.05) is 19.2 Å². The highest BCUT2D eigenvalue weighted by molar-refractivity contribution is 5.96. The van der Waals surface area contributed by atoms with E-state index < -0.39 is 12.1 Å². The Kier molecular flexibility index (Phi) is 6.59. The van der Waals surface area contributed by atoms with Gasteiger partial charge in [-0.3, -0.25) is 4.79 Å². The molecule has 1 aliphatic heterocycles. The number of nitrogens with zero attached hydrogens (tertiary/aromatic N) is 1. The quantitative estimate of drug-likeness (QED) is 0.435. The van der Waals surface area contributed by atoms with Crippen molar-refractivity contribution in [2.45, 2.75) is 31.9 Å². The van der Waals surface area contributed by atoms with E-state index >= 15 is 0 Å². The molecule has 0 aromatic heterocycles. The Morgan fingerprint density at radius 2 is 1.92 bits per heavy atom. The van der Waals surface area contributed by atoms with E-state index in [9.17, 15) is 23.2 Å². The van der Waals surface area contributed by atoms with Crippen molar-refractivity contribution in [1.82, 2.24) is 10.7 Å². The van der Waals surface area contributed by atoms with Gasteiger partial charge in [0.2, 0.25) is 5.96 Å². The van der Waals surface area contributed by atoms with Gasteiger partial charge in [-0.05, 0) is 18.9 Å². The molecule has 0 aliphatic carbocycles. The van der Waals surface area contributed by atoms with Crippen LogP contribution < -0.4 is 21.2 Å². The zero-order valence-electron chi connectivity index (χ0n) is 13.4. The third-order valence-corrected chi connectivity index (χ3v) is 3.55. The van der Waals surface area contributed by atoms with Gasteiger partial charge >= 0.3 is 12.1 Å². The van der Waals surface area contributed by atoms with Crippen molar-refractivity contribution >= 4 is 23.2 Å². The molecule has 0 radical (unpaired) electrons. The minimum atomic E-state index is -4.83. The van der Waals surface area contributed by atoms with Crippen molar-refractivity contribution in [2.75, 3.05) is 18.4 Å². The number of para-hydroxylation sites is 2. The van der Waals surface area contributed by atoms with Gasteiger partial charge in [0.1, 0.15) is 5.69 Å². The predicted molar refractivity (Wildman–Crippen MR) is 87.0 cm³/mol. The molecule has 1 atom stereocenters. The second-order valence-electron chi connectivity index (χ2n) is 5.52. The normalized spacial score (nSPS) is 18.2. The summed E-state index contributed by atoms with van der Waals surface area (Å²) in [5.74, 6) is -1.51. The molecule has 0 saturated carbocycles. The fourth-order valence-electron chi connectivity index (χ4n) is 2.29. The van der Waals surface area contributed by atoms with E-state index in [-0.39, 0.29) is 11.7 Å². The summed E-state index contributed by atoms with van der Waals surface area (Å²) in [5.41, 5.74) is 3.91. The molecule has 2 rings (SSSR count). The number of halogens is 3. The average Bonchev–Trinajstić information content (AvgIpc) is 2.56. The summed E-state index contributed by atoms with van der Waals surface area (Å²) in [6.45, 7) is 0.487. The molecule has 4 N–H and O–H groups in total. The number of anilines is 1. The van der Waals surface area contributed by atoms with Crippen molar-refractivity contribution < 1.29 is 23.1 Å². The zero-order valence-corrected chi connectivity index (χ0v) is 13.4. The van der Waals surface area contributed by atoms with E-state index in [0.717, 1.165) is 12.8 Å². The van der Waals surface area contributed by atoms with Crippen molar-refractivity contribution in [2.24, 2.45) is 4.99 Å². The van der Waals surface area contributed by atoms with Gasteiger partial charge < -0.3 is 15.8 Å². The Labute approximate surface area is 142 Å². The van der Waals surface area contributed by atoms with Crippen LogP contribution in [0.25, 0.3) is 0 Å². The number of guanidine groups is 1. The van der Waals surface area contributed by atoms with Crippen LogP contribution in [-0.2, 0) is 4.79 Å². The molecule has 1 aromatic carbocycles. The highest BCUT2D eigenvalue weighted by Gasteiger charge is 2.38. The maximum Gasteiger partial charge on any atom is 0.471 e. The van der Waals surface area contributed by atoms with Gasteiger partial charge in [-0.1, -0.05) is 25.0 Å². The van der Waals surface area contributed by atoms with Crippen molar-refractivity contribution in [3.63, 3.8) is 0 Å². The highest BCUT2D eigenvalue weighted by Crippen LogP contribution is 2.18. The van der Waals surface area contributed by atoms with Crippen LogP contribution in [0.2, 0.25) is 0 Å². The molecular weight excluding hydrogens is 339 g/mol. The van der Waals surface area contributed by atoms with E-state index in [4.69, 9.17) is 0 Å². The number of aliphatic imine (C=N–C) groups is 1. The largest absolute Gasteiger partial charge is 0.603 e. The molecule has 0 fully saturated rings. The van der Waals surface area contributed by atoms with Gasteiger partial charge in [-0.2, -0.15) is 18.6 Å². The van der Waals surface area contributed by atoms with E-state index in [0.29, 0.717) is 36.7 Å². The van der Waals surface area contributed by atoms with Crippen molar-refractivity contribution in [1.29, 1.82) is 0 Å². The molecule has 1 aromatic rings. The number of hydrogen-bond donors (Lipinski definition) is 4. The number of rotatable bonds is 7. The molecule has 25 heavy (non-hydrogen) atoms. The Morgan fingerprint density at radius 3 is 2.68 bits per heavy atom. The minimum absolute atomic E-state index is 0.00125. The molecule has 10 heteroatoms. The maximum absolute atomic E-state index is 12.0. The number of unbranched alkanes of at least 4 members (excludes halogenated alkanes) is 3. The fraction of sp³-hybridized carbons (Fsp3) is 0.467. The summed E-state index contributed by atoms with van der Waals surface area (Å²) in [6.07, 6.45) is -2.17. The summed E-state index contributed by atoms with van der Waals surface area (Å²) < 4.78 is 35.9. The number of benzene rings is 1. The van der Waals surface area contributed by atoms with Crippen LogP contribution in [0.3, 0.4) is 0 Å². The lowest BCUT2D eigenvalue weighted by Crippen LogP contribution is -3.11. The molecule has 0 spiro atoms. The summed E-state index contributed by atoms with van der Waals surface area (Å²) in [5, 5.41) is 16.5. The topological polar surface area (TPSA) is 93.0 Å². The molecule has 1 heterocycles. The third kappa shape index (κ3) is 5.91. The summed E-state index contributed by atoms with van der Waals surface area (Å²) in [7, 11) is 0. The predicted octanol–water partition coefficient (Wildman–Crippen LogP) is 1.23. The average molecular weight is 359 g/mol. The first-order valence-electron chi connectivity index (χ1n) is 7.95. The lowest BCUT2D eigenvalue weighted by molar-refractivity contribution is -0.816. The van der Waals surface area contributed by atoms with E-state index in [2.05, 4.69) is 15.7 Å². The number of amides is 1. The first kappa shape index (κ1) is 19.0. The number of carbonyl (C=O) groups is 1. The lowest BCUT2D eigenvalue weighted by atomic mass is 10.2. The second kappa shape index (κ2) is 8.67. The van der Waals surface area contributed by atoms with Crippen LogP contribution in [0.1, 0.15) is 25.7 Å². The van der Waals surface area contributed by atoms with Crippen LogP contribution in [0.5, 0.6) is 0 Å². The number of hydrogen-bond acceptors (Lipinski definition) is 3. The maximum atomic E-state index is 12.0. The number of nitrogens with one attached hydrogen (secondary N) is 4. The van der Waals surface area contributed by atoms with Gasteiger partial charge in [0.15, 0.2) is 5.69 Å². The standard InChI is InChI=1S/C15H20F3N5O2/c16-15(17,18)13(24)19-9-5-1-2-6-10-20-14-21-11-7-3-4-8-12(11)23(25)22-14/h3-4,7-8,23H,1-2,5-6,9-10H2,(H,19,24)(H2,20,21,22). The van der Waals surface area contributed by atoms with E-state index in [1.807, 2.05) is 11.4 Å². The number of fused-ring (bicyclic) bond motifs is 1. The summed E-state index contributed by atoms with van der Waals surface area (Å²) in [6, 6.07) is 7.10. The number of carbonyl (C=O) groups excluding carboxylic acids is 1. The van der Waals surface area contributed by atoms with Crippen LogP contribution in [-0.4, -0.2) is 31.1 Å². The van der Waals surface area contributed by atoms with Gasteiger partial charge in [-0.25, -0.2) is 10.2 Å². The smallest absolute Gasteiger partial charge is 0.471 e. The summed E-state index contributed by atoms with van der Waals surface area (Å²) >= 11 is 0. The van der Waals surface area contributed by atoms with Crippen LogP contribution in [0, 0.1) is 5.21 Å². The van der Waals surface area contributed by atoms with E-state index in [1.165, 1.54) is 0 Å². The van der Waals surface area contributed by atoms with Crippen molar-refractivity contribution in [3.8, 4) is 0 Å². The lowest BCUT2D eigenvalue weighted by Gasteiger charge is -2.30. The Bertz CT molecular complexity index is 621. The first-order valence-corrected chi connectivity index (χ1v) is 7.95. The molecule has 138 valence electrons. The third-order valence-electron chi connectivity index (χ3n) is 3.55. The highest BCUT2D eigenvalue weighted by atomic mass is 19.4. The van der Waals surface area contributed by atoms with Gasteiger partial charge in [0.05, 0.1) is 0 Å². The molecule has 1 amide bonds. The van der Waals surface area contributed by atoms with Crippen LogP contribution in [0.4, 0.5) is 24.5 Å². The Hall–Kier alpha value is -2.33. The second-order valence-corrected chi connectivity index (χ2v) is 5.52. The minimum Gasteiger partial charge on any atom is -0.603 e. The Balaban J connectivity index is 1.61. The number of quaternary nitrogens is 1. The number of alkyl halides is 3. The Morgan fingerprint density at radius 1 is 1.20 bits per heavy atom. The summed E-state index contributed by atoms with van der Waals surface area (Å²) in [4.78, 5) is 14.9. The fourth-order valence-corrected chi connectivity index (χ4v) is 2.29. The first-order chi connectivity index (χ1) is 11.9. The molecule has 1 unspecified atom stereocenters. The molecular formula is C15H20F3N5O2. The molecule has 1 aliphatic rings. The molecule has 0 saturated heterocycles. The van der Waals surface area contributed by atoms with Crippen LogP contribution >= 0.6 is 0 Å². The van der Waals surface area contributed by atoms with Crippen LogP contribution in [0.15, 0.2) is 29.3 Å². The van der Waals surface area contributed by atoms with Gasteiger partial charge in [-0.15, -0.1) is 0 Å². The van der Waals surface area contributed by atoms with E-state index in [1.54, 1.807) is 18.2 Å². The SMILES string of the molecule is O=C(NCCCCCCN=C1Nc2ccccc2[NH+]([O-])N1)C(F)(F)F. The van der Waals surface area contributed by atoms with Gasteiger partial charge in [0.25, 0.3) is 0 Å². The van der Waals surface area contributed by atoms with Crippen molar-refractivity contribution in [3.05, 3.63) is 29.5 Å².